The van der Waals surface area contributed by atoms with Gasteiger partial charge in [-0.25, -0.2) is 0 Å². The van der Waals surface area contributed by atoms with Crippen LogP contribution in [-0.4, -0.2) is 27.5 Å². The maximum Gasteiger partial charge on any atom is 0.234 e. The summed E-state index contributed by atoms with van der Waals surface area (Å²) in [5.41, 5.74) is -1.18. The molecule has 24 heavy (non-hydrogen) atoms. The number of rotatable bonds is 2. The molecule has 3 rings (SSSR count). The van der Waals surface area contributed by atoms with Gasteiger partial charge < -0.3 is 34.7 Å². The van der Waals surface area contributed by atoms with Crippen LogP contribution in [0.5, 0.6) is 34.5 Å². The number of phenols is 3. The zero-order valence-electron chi connectivity index (χ0n) is 12.2. The zero-order valence-corrected chi connectivity index (χ0v) is 12.2. The Labute approximate surface area is 134 Å². The number of ether oxygens (including phenoxy) is 1. The largest absolute Gasteiger partial charge is 0.869 e. The Hall–Kier alpha value is -3.55. The van der Waals surface area contributed by atoms with Crippen molar-refractivity contribution in [2.45, 2.75) is 0 Å². The number of methoxy groups -OCH3 is 1. The summed E-state index contributed by atoms with van der Waals surface area (Å²) >= 11 is 0. The van der Waals surface area contributed by atoms with Gasteiger partial charge in [0.05, 0.1) is 12.5 Å². The smallest absolute Gasteiger partial charge is 0.234 e. The molecule has 8 heteroatoms. The molecule has 124 valence electrons. The molecule has 4 N–H and O–H groups in total. The highest BCUT2D eigenvalue weighted by Crippen LogP contribution is 2.42. The minimum atomic E-state index is -1.01. The molecule has 0 amide bonds. The molecule has 2 aromatic carbocycles. The van der Waals surface area contributed by atoms with Crippen LogP contribution in [0.25, 0.3) is 22.3 Å². The predicted molar refractivity (Wildman–Crippen MR) is 80.6 cm³/mol. The van der Waals surface area contributed by atoms with E-state index in [1.807, 2.05) is 0 Å². The Bertz CT molecular complexity index is 1020. The second-order valence-electron chi connectivity index (χ2n) is 4.94. The van der Waals surface area contributed by atoms with Crippen molar-refractivity contribution in [1.82, 2.24) is 0 Å². The van der Waals surface area contributed by atoms with Crippen molar-refractivity contribution < 1.29 is 34.7 Å². The van der Waals surface area contributed by atoms with Crippen molar-refractivity contribution in [2.24, 2.45) is 0 Å². The van der Waals surface area contributed by atoms with Crippen LogP contribution in [0.1, 0.15) is 0 Å². The summed E-state index contributed by atoms with van der Waals surface area (Å²) < 4.78 is 10.1. The third-order valence-electron chi connectivity index (χ3n) is 3.49. The van der Waals surface area contributed by atoms with Crippen molar-refractivity contribution in [3.8, 4) is 45.8 Å². The van der Waals surface area contributed by atoms with Crippen molar-refractivity contribution in [3.05, 3.63) is 34.5 Å². The molecule has 0 aliphatic heterocycles. The Morgan fingerprint density at radius 3 is 2.38 bits per heavy atom. The van der Waals surface area contributed by atoms with Gasteiger partial charge in [0.25, 0.3) is 0 Å². The standard InChI is InChI=1S/C16H12O8/c1-23-16-9(19)5-10-11(13(16)21)12(20)14(22)15(24-10)6-2-3-7(17)8(18)4-6/h2-5,17-19,21-22H,1H3/p-1. The fourth-order valence-corrected chi connectivity index (χ4v) is 2.34. The fraction of sp³-hybridized carbons (Fsp3) is 0.0625. The third kappa shape index (κ3) is 2.12. The highest BCUT2D eigenvalue weighted by Gasteiger charge is 2.19. The van der Waals surface area contributed by atoms with Gasteiger partial charge in [-0.15, -0.1) is 0 Å². The molecule has 0 aliphatic carbocycles. The normalized spacial score (nSPS) is 10.9. The molecule has 1 heterocycles. The van der Waals surface area contributed by atoms with E-state index in [-0.39, 0.29) is 16.9 Å². The number of hydrogen-bond acceptors (Lipinski definition) is 8. The SMILES string of the molecule is COc1c(O)cc2oc(-c3ccc(O)c(O)c3)c(O)c(=O)c2c1[O-]. The molecule has 3 aromatic rings. The summed E-state index contributed by atoms with van der Waals surface area (Å²) in [6.07, 6.45) is 0. The van der Waals surface area contributed by atoms with Crippen LogP contribution in [0.2, 0.25) is 0 Å². The first kappa shape index (κ1) is 15.3. The van der Waals surface area contributed by atoms with Gasteiger partial charge in [-0.3, -0.25) is 4.79 Å². The Morgan fingerprint density at radius 1 is 1.04 bits per heavy atom. The summed E-state index contributed by atoms with van der Waals surface area (Å²) in [6, 6.07) is 4.51. The van der Waals surface area contributed by atoms with Crippen LogP contribution < -0.4 is 15.3 Å². The lowest BCUT2D eigenvalue weighted by atomic mass is 10.1. The first-order valence-electron chi connectivity index (χ1n) is 6.64. The lowest BCUT2D eigenvalue weighted by molar-refractivity contribution is -0.267. The molecule has 0 atom stereocenters. The van der Waals surface area contributed by atoms with Gasteiger partial charge in [-0.1, -0.05) is 0 Å². The minimum Gasteiger partial charge on any atom is -0.869 e. The number of hydrogen-bond donors (Lipinski definition) is 4. The highest BCUT2D eigenvalue weighted by molar-refractivity contribution is 5.90. The topological polar surface area (TPSA) is 143 Å². The molecule has 0 unspecified atom stereocenters. The van der Waals surface area contributed by atoms with Gasteiger partial charge in [0, 0.05) is 11.6 Å². The van der Waals surface area contributed by atoms with Crippen LogP contribution in [0.15, 0.2) is 33.5 Å². The number of benzene rings is 2. The Kier molecular flexibility index (Phi) is 3.37. The predicted octanol–water partition coefficient (Wildman–Crippen LogP) is 1.36. The van der Waals surface area contributed by atoms with E-state index in [1.165, 1.54) is 6.07 Å². The van der Waals surface area contributed by atoms with Crippen molar-refractivity contribution >= 4 is 11.0 Å². The second kappa shape index (κ2) is 5.27. The zero-order chi connectivity index (χ0) is 17.6. The molecule has 0 saturated carbocycles. The van der Waals surface area contributed by atoms with E-state index >= 15 is 0 Å². The first-order valence-corrected chi connectivity index (χ1v) is 6.64. The van der Waals surface area contributed by atoms with Gasteiger partial charge in [0.15, 0.2) is 28.8 Å². The third-order valence-corrected chi connectivity index (χ3v) is 3.49. The summed E-state index contributed by atoms with van der Waals surface area (Å²) in [7, 11) is 1.15. The summed E-state index contributed by atoms with van der Waals surface area (Å²) in [6.45, 7) is 0. The molecular weight excluding hydrogens is 320 g/mol. The van der Waals surface area contributed by atoms with E-state index in [0.29, 0.717) is 0 Å². The second-order valence-corrected chi connectivity index (χ2v) is 4.94. The van der Waals surface area contributed by atoms with Gasteiger partial charge in [0.1, 0.15) is 5.58 Å². The van der Waals surface area contributed by atoms with Crippen LogP contribution in [-0.2, 0) is 0 Å². The van der Waals surface area contributed by atoms with Gasteiger partial charge >= 0.3 is 0 Å². The average Bonchev–Trinajstić information content (AvgIpc) is 2.53. The van der Waals surface area contributed by atoms with Crippen LogP contribution in [0, 0.1) is 0 Å². The van der Waals surface area contributed by atoms with Gasteiger partial charge in [-0.05, 0) is 23.9 Å². The first-order chi connectivity index (χ1) is 11.3. The summed E-state index contributed by atoms with van der Waals surface area (Å²) in [4.78, 5) is 12.3. The molecule has 0 saturated heterocycles. The monoisotopic (exact) mass is 331 g/mol. The summed E-state index contributed by atoms with van der Waals surface area (Å²) in [5, 5.41) is 50.4. The quantitative estimate of drug-likeness (QED) is 0.515. The van der Waals surface area contributed by atoms with E-state index in [9.17, 15) is 30.3 Å². The lowest BCUT2D eigenvalue weighted by Gasteiger charge is -2.17. The lowest BCUT2D eigenvalue weighted by Crippen LogP contribution is -2.07. The van der Waals surface area contributed by atoms with Crippen LogP contribution in [0.3, 0.4) is 0 Å². The molecule has 0 bridgehead atoms. The van der Waals surface area contributed by atoms with E-state index < -0.39 is 45.3 Å². The van der Waals surface area contributed by atoms with Crippen molar-refractivity contribution in [3.63, 3.8) is 0 Å². The van der Waals surface area contributed by atoms with E-state index in [4.69, 9.17) is 9.15 Å². The molecule has 8 nitrogen and oxygen atoms in total. The number of phenolic OH excluding ortho intramolecular Hbond substituents is 3. The average molecular weight is 331 g/mol. The maximum atomic E-state index is 12.3. The highest BCUT2D eigenvalue weighted by atomic mass is 16.5. The molecule has 0 radical (unpaired) electrons. The molecule has 0 spiro atoms. The van der Waals surface area contributed by atoms with Crippen LogP contribution in [0.4, 0.5) is 0 Å². The fourth-order valence-electron chi connectivity index (χ4n) is 2.34. The Morgan fingerprint density at radius 2 is 1.75 bits per heavy atom. The van der Waals surface area contributed by atoms with Gasteiger partial charge in [0.2, 0.25) is 11.2 Å². The van der Waals surface area contributed by atoms with E-state index in [1.54, 1.807) is 0 Å². The van der Waals surface area contributed by atoms with Gasteiger partial charge in [-0.2, -0.15) is 0 Å². The molecule has 0 fully saturated rings. The minimum absolute atomic E-state index is 0.0876. The number of fused-ring (bicyclic) bond motifs is 1. The van der Waals surface area contributed by atoms with E-state index in [2.05, 4.69) is 0 Å². The van der Waals surface area contributed by atoms with Crippen LogP contribution >= 0.6 is 0 Å². The van der Waals surface area contributed by atoms with E-state index in [0.717, 1.165) is 25.3 Å². The number of aromatic hydroxyl groups is 4. The summed E-state index contributed by atoms with van der Waals surface area (Å²) in [5.74, 6) is -3.95. The molecule has 0 aliphatic rings. The van der Waals surface area contributed by atoms with Crippen molar-refractivity contribution in [2.75, 3.05) is 7.11 Å². The maximum absolute atomic E-state index is 12.3. The molecule has 1 aromatic heterocycles. The molecular formula is C16H11O8-. The van der Waals surface area contributed by atoms with Crippen molar-refractivity contribution in [1.29, 1.82) is 0 Å². The Balaban J connectivity index is 2.38.